The minimum absolute atomic E-state index is 0.0146. The van der Waals surface area contributed by atoms with Crippen molar-refractivity contribution in [1.29, 1.82) is 0 Å². The molecule has 2 atom stereocenters. The molecule has 3 amide bonds. The molecular formula is C38H46N4O6. The van der Waals surface area contributed by atoms with E-state index in [2.05, 4.69) is 15.6 Å². The molecular weight excluding hydrogens is 608 g/mol. The van der Waals surface area contributed by atoms with E-state index in [9.17, 15) is 19.2 Å². The van der Waals surface area contributed by atoms with Gasteiger partial charge in [-0.1, -0.05) is 67.6 Å². The number of nitrogens with one attached hydrogen (secondary N) is 2. The van der Waals surface area contributed by atoms with Crippen LogP contribution in [0.15, 0.2) is 71.1 Å². The third-order valence-electron chi connectivity index (χ3n) is 8.75. The zero-order valence-electron chi connectivity index (χ0n) is 28.3. The maximum absolute atomic E-state index is 13.8. The van der Waals surface area contributed by atoms with Crippen LogP contribution in [-0.4, -0.2) is 65.4 Å². The van der Waals surface area contributed by atoms with E-state index >= 15 is 0 Å². The number of carbonyl (C=O) groups is 4. The van der Waals surface area contributed by atoms with Crippen molar-refractivity contribution in [2.24, 2.45) is 11.8 Å². The van der Waals surface area contributed by atoms with Crippen LogP contribution in [0.3, 0.4) is 0 Å². The molecule has 1 aliphatic heterocycles. The number of carbonyl (C=O) groups excluding carboxylic acids is 4. The quantitative estimate of drug-likeness (QED) is 0.164. The Morgan fingerprint density at radius 3 is 2.33 bits per heavy atom. The van der Waals surface area contributed by atoms with Crippen LogP contribution in [0.5, 0.6) is 0 Å². The minimum Gasteiger partial charge on any atom is -0.444 e. The number of oxazole rings is 1. The van der Waals surface area contributed by atoms with Crippen molar-refractivity contribution in [3.05, 3.63) is 78.2 Å². The summed E-state index contributed by atoms with van der Waals surface area (Å²) in [5, 5.41) is 7.89. The second kappa shape index (κ2) is 15.4. The van der Waals surface area contributed by atoms with Crippen molar-refractivity contribution in [2.45, 2.75) is 71.3 Å². The van der Waals surface area contributed by atoms with Crippen LogP contribution in [0.1, 0.15) is 82.0 Å². The summed E-state index contributed by atoms with van der Waals surface area (Å²) >= 11 is 0. The molecule has 4 aromatic rings. The summed E-state index contributed by atoms with van der Waals surface area (Å²) in [4.78, 5) is 57.8. The van der Waals surface area contributed by atoms with Gasteiger partial charge in [-0.05, 0) is 69.4 Å². The van der Waals surface area contributed by atoms with Gasteiger partial charge in [0, 0.05) is 43.9 Å². The van der Waals surface area contributed by atoms with Gasteiger partial charge in [-0.2, -0.15) is 0 Å². The van der Waals surface area contributed by atoms with E-state index in [0.717, 1.165) is 16.3 Å². The molecule has 2 heterocycles. The van der Waals surface area contributed by atoms with E-state index in [0.29, 0.717) is 69.4 Å². The lowest BCUT2D eigenvalue weighted by molar-refractivity contribution is -0.126. The number of hydrogen-bond acceptors (Lipinski definition) is 7. The number of aromatic nitrogens is 1. The lowest BCUT2D eigenvalue weighted by Gasteiger charge is -2.33. The highest BCUT2D eigenvalue weighted by Crippen LogP contribution is 2.30. The summed E-state index contributed by atoms with van der Waals surface area (Å²) in [5.41, 5.74) is 1.51. The van der Waals surface area contributed by atoms with E-state index in [-0.39, 0.29) is 41.4 Å². The van der Waals surface area contributed by atoms with Gasteiger partial charge in [-0.25, -0.2) is 9.78 Å². The number of piperidine rings is 1. The standard InChI is InChI=1S/C38H46N4O6/c1-25(16-20-40-35(45)28-18-22-42(23-19-28)37(46)48-38(2,3)4)24-32(43)39-21-17-29(26-10-6-5-7-11-26)33(44)36-41-31-15-14-27-12-8-9-13-30(27)34(31)47-36/h5-15,25,28-29H,16-24H2,1-4H3,(H,39,43)(H,40,45). The summed E-state index contributed by atoms with van der Waals surface area (Å²) in [6.45, 7) is 9.27. The maximum Gasteiger partial charge on any atom is 0.410 e. The molecule has 5 rings (SSSR count). The second-order valence-electron chi connectivity index (χ2n) is 13.8. The summed E-state index contributed by atoms with van der Waals surface area (Å²) < 4.78 is 11.5. The van der Waals surface area contributed by atoms with E-state index < -0.39 is 11.5 Å². The number of amides is 3. The number of ether oxygens (including phenoxy) is 1. The Hall–Kier alpha value is -4.73. The molecule has 2 unspecified atom stereocenters. The van der Waals surface area contributed by atoms with Gasteiger partial charge in [0.1, 0.15) is 11.1 Å². The van der Waals surface area contributed by atoms with Gasteiger partial charge >= 0.3 is 6.09 Å². The van der Waals surface area contributed by atoms with Gasteiger partial charge < -0.3 is 24.7 Å². The molecule has 10 nitrogen and oxygen atoms in total. The number of rotatable bonds is 12. The molecule has 0 saturated carbocycles. The fourth-order valence-corrected chi connectivity index (χ4v) is 6.13. The van der Waals surface area contributed by atoms with Gasteiger partial charge in [-0.15, -0.1) is 0 Å². The molecule has 1 aliphatic rings. The Morgan fingerprint density at radius 1 is 0.917 bits per heavy atom. The first-order valence-corrected chi connectivity index (χ1v) is 16.9. The third-order valence-corrected chi connectivity index (χ3v) is 8.75. The van der Waals surface area contributed by atoms with Gasteiger partial charge in [0.25, 0.3) is 5.89 Å². The molecule has 254 valence electrons. The molecule has 0 radical (unpaired) electrons. The van der Waals surface area contributed by atoms with E-state index in [1.54, 1.807) is 4.90 Å². The molecule has 3 aromatic carbocycles. The van der Waals surface area contributed by atoms with E-state index in [1.165, 1.54) is 0 Å². The number of Topliss-reactive ketones (excluding diaryl/α,β-unsaturated/α-hetero) is 1. The first-order valence-electron chi connectivity index (χ1n) is 16.9. The van der Waals surface area contributed by atoms with Gasteiger partial charge in [0.15, 0.2) is 5.58 Å². The number of nitrogens with zero attached hydrogens (tertiary/aromatic N) is 2. The third kappa shape index (κ3) is 8.99. The Balaban J connectivity index is 1.07. The van der Waals surface area contributed by atoms with Crippen molar-refractivity contribution in [3.8, 4) is 0 Å². The van der Waals surface area contributed by atoms with Crippen LogP contribution in [0.2, 0.25) is 0 Å². The number of likely N-dealkylation sites (tertiary alicyclic amines) is 1. The van der Waals surface area contributed by atoms with Crippen LogP contribution in [0, 0.1) is 11.8 Å². The molecule has 1 saturated heterocycles. The average molecular weight is 655 g/mol. The summed E-state index contributed by atoms with van der Waals surface area (Å²) in [5.74, 6) is -0.900. The lowest BCUT2D eigenvalue weighted by atomic mass is 9.91. The Morgan fingerprint density at radius 2 is 1.60 bits per heavy atom. The second-order valence-corrected chi connectivity index (χ2v) is 13.8. The predicted octanol–water partition coefficient (Wildman–Crippen LogP) is 6.63. The van der Waals surface area contributed by atoms with E-state index in [4.69, 9.17) is 9.15 Å². The molecule has 48 heavy (non-hydrogen) atoms. The normalized spacial score (nSPS) is 15.2. The molecule has 10 heteroatoms. The fraction of sp³-hybridized carbons (Fsp3) is 0.447. The molecule has 1 fully saturated rings. The van der Waals surface area contributed by atoms with Crippen LogP contribution >= 0.6 is 0 Å². The van der Waals surface area contributed by atoms with Crippen molar-refractivity contribution in [3.63, 3.8) is 0 Å². The first-order chi connectivity index (χ1) is 23.0. The molecule has 0 spiro atoms. The molecule has 1 aromatic heterocycles. The molecule has 2 N–H and O–H groups in total. The summed E-state index contributed by atoms with van der Waals surface area (Å²) in [7, 11) is 0. The summed E-state index contributed by atoms with van der Waals surface area (Å²) in [6, 6.07) is 21.1. The minimum atomic E-state index is -0.549. The predicted molar refractivity (Wildman–Crippen MR) is 185 cm³/mol. The van der Waals surface area contributed by atoms with Crippen LogP contribution in [-0.2, 0) is 14.3 Å². The highest BCUT2D eigenvalue weighted by Gasteiger charge is 2.30. The number of ketones is 1. The fourth-order valence-electron chi connectivity index (χ4n) is 6.13. The van der Waals surface area contributed by atoms with Crippen molar-refractivity contribution in [1.82, 2.24) is 20.5 Å². The SMILES string of the molecule is CC(CCNC(=O)C1CCN(C(=O)OC(C)(C)C)CC1)CC(=O)NCCC(C(=O)c1nc2ccc3ccccc3c2o1)c1ccccc1. The van der Waals surface area contributed by atoms with Crippen molar-refractivity contribution < 1.29 is 28.3 Å². The highest BCUT2D eigenvalue weighted by atomic mass is 16.6. The van der Waals surface area contributed by atoms with Crippen LogP contribution in [0.25, 0.3) is 21.9 Å². The molecule has 0 aliphatic carbocycles. The Bertz CT molecular complexity index is 1740. The zero-order chi connectivity index (χ0) is 34.3. The summed E-state index contributed by atoms with van der Waals surface area (Å²) in [6.07, 6.45) is 2.22. The smallest absolute Gasteiger partial charge is 0.410 e. The highest BCUT2D eigenvalue weighted by molar-refractivity contribution is 6.05. The largest absolute Gasteiger partial charge is 0.444 e. The molecule has 0 bridgehead atoms. The Kier molecular flexibility index (Phi) is 11.1. The first kappa shape index (κ1) is 34.6. The van der Waals surface area contributed by atoms with Crippen LogP contribution < -0.4 is 10.6 Å². The van der Waals surface area contributed by atoms with Crippen molar-refractivity contribution >= 4 is 45.6 Å². The van der Waals surface area contributed by atoms with Gasteiger partial charge in [0.2, 0.25) is 17.6 Å². The topological polar surface area (TPSA) is 131 Å². The van der Waals surface area contributed by atoms with E-state index in [1.807, 2.05) is 94.4 Å². The Labute approximate surface area is 281 Å². The zero-order valence-corrected chi connectivity index (χ0v) is 28.3. The average Bonchev–Trinajstić information content (AvgIpc) is 3.51. The van der Waals surface area contributed by atoms with Crippen LogP contribution in [0.4, 0.5) is 4.79 Å². The van der Waals surface area contributed by atoms with Gasteiger partial charge in [0.05, 0.1) is 5.92 Å². The number of benzene rings is 3. The monoisotopic (exact) mass is 654 g/mol. The van der Waals surface area contributed by atoms with Crippen molar-refractivity contribution in [2.75, 3.05) is 26.2 Å². The lowest BCUT2D eigenvalue weighted by Crippen LogP contribution is -2.45. The maximum atomic E-state index is 13.8. The number of fused-ring (bicyclic) bond motifs is 3. The van der Waals surface area contributed by atoms with Gasteiger partial charge in [-0.3, -0.25) is 14.4 Å². The number of hydrogen-bond donors (Lipinski definition) is 2.